The van der Waals surface area contributed by atoms with Crippen molar-refractivity contribution < 1.29 is 19.0 Å². The van der Waals surface area contributed by atoms with Gasteiger partial charge in [0.1, 0.15) is 17.1 Å². The van der Waals surface area contributed by atoms with E-state index in [1.807, 2.05) is 6.07 Å². The Morgan fingerprint density at radius 3 is 3.00 bits per heavy atom. The number of rotatable bonds is 5. The highest BCUT2D eigenvalue weighted by molar-refractivity contribution is 5.92. The molecule has 2 fully saturated rings. The number of carbonyl (C=O) groups excluding carboxylic acids is 1. The summed E-state index contributed by atoms with van der Waals surface area (Å²) in [6, 6.07) is 8.05. The summed E-state index contributed by atoms with van der Waals surface area (Å²) < 4.78 is 19.3. The van der Waals surface area contributed by atoms with Crippen molar-refractivity contribution in [2.24, 2.45) is 0 Å². The molecule has 1 saturated heterocycles. The van der Waals surface area contributed by atoms with Crippen LogP contribution in [0.4, 0.5) is 4.39 Å². The van der Waals surface area contributed by atoms with Gasteiger partial charge in [-0.2, -0.15) is 5.10 Å². The van der Waals surface area contributed by atoms with E-state index >= 15 is 0 Å². The molecule has 7 heteroatoms. The number of hydrogen-bond donors (Lipinski definition) is 2. The zero-order valence-electron chi connectivity index (χ0n) is 14.4. The van der Waals surface area contributed by atoms with Gasteiger partial charge in [-0.3, -0.25) is 9.89 Å². The number of H-pyrrole nitrogens is 1. The molecule has 1 aliphatic heterocycles. The molecule has 0 bridgehead atoms. The van der Waals surface area contributed by atoms with Gasteiger partial charge in [-0.25, -0.2) is 4.39 Å². The van der Waals surface area contributed by atoms with Crippen molar-refractivity contribution in [1.82, 2.24) is 15.1 Å². The van der Waals surface area contributed by atoms with Crippen molar-refractivity contribution in [3.05, 3.63) is 53.1 Å². The van der Waals surface area contributed by atoms with E-state index in [1.54, 1.807) is 17.0 Å². The summed E-state index contributed by atoms with van der Waals surface area (Å²) in [6.45, 7) is 0.753. The highest BCUT2D eigenvalue weighted by Crippen LogP contribution is 2.39. The molecule has 1 amide bonds. The molecule has 6 nitrogen and oxygen atoms in total. The molecule has 138 valence electrons. The molecular weight excluding hydrogens is 337 g/mol. The number of aliphatic hydroxyl groups is 1. The highest BCUT2D eigenvalue weighted by atomic mass is 19.1. The number of amides is 1. The Labute approximate surface area is 151 Å². The number of halogens is 1. The summed E-state index contributed by atoms with van der Waals surface area (Å²) in [6.07, 6.45) is 2.60. The van der Waals surface area contributed by atoms with Crippen LogP contribution in [0.3, 0.4) is 0 Å². The molecule has 0 spiro atoms. The summed E-state index contributed by atoms with van der Waals surface area (Å²) in [7, 11) is 0. The molecule has 0 unspecified atom stereocenters. The normalized spacial score (nSPS) is 23.2. The lowest BCUT2D eigenvalue weighted by Crippen LogP contribution is -2.56. The van der Waals surface area contributed by atoms with Gasteiger partial charge >= 0.3 is 0 Å². The lowest BCUT2D eigenvalue weighted by atomic mass is 9.93. The number of benzene rings is 1. The van der Waals surface area contributed by atoms with Gasteiger partial charge in [0, 0.05) is 24.6 Å². The second-order valence-corrected chi connectivity index (χ2v) is 7.21. The second-order valence-electron chi connectivity index (χ2n) is 7.21. The average Bonchev–Trinajstić information content (AvgIpc) is 3.38. The van der Waals surface area contributed by atoms with Gasteiger partial charge in [0.05, 0.1) is 19.8 Å². The van der Waals surface area contributed by atoms with Crippen molar-refractivity contribution >= 4 is 5.91 Å². The Kier molecular flexibility index (Phi) is 4.50. The molecule has 1 saturated carbocycles. The van der Waals surface area contributed by atoms with E-state index in [4.69, 9.17) is 4.74 Å². The molecule has 4 rings (SSSR count). The van der Waals surface area contributed by atoms with E-state index in [0.29, 0.717) is 31.2 Å². The average molecular weight is 359 g/mol. The van der Waals surface area contributed by atoms with E-state index in [0.717, 1.165) is 24.1 Å². The van der Waals surface area contributed by atoms with Crippen molar-refractivity contribution in [2.75, 3.05) is 26.3 Å². The minimum Gasteiger partial charge on any atom is -0.393 e. The molecule has 1 atom stereocenters. The largest absolute Gasteiger partial charge is 0.393 e. The summed E-state index contributed by atoms with van der Waals surface area (Å²) in [4.78, 5) is 14.5. The first kappa shape index (κ1) is 17.2. The maximum atomic E-state index is 13.5. The number of morpholine rings is 1. The molecule has 2 N–H and O–H groups in total. The maximum absolute atomic E-state index is 13.5. The quantitative estimate of drug-likeness (QED) is 0.854. The minimum absolute atomic E-state index is 0.173. The molecule has 26 heavy (non-hydrogen) atoms. The molecule has 2 aromatic rings. The highest BCUT2D eigenvalue weighted by Gasteiger charge is 2.39. The Morgan fingerprint density at radius 2 is 2.27 bits per heavy atom. The van der Waals surface area contributed by atoms with Crippen LogP contribution in [-0.2, 0) is 11.2 Å². The molecule has 2 aliphatic rings. The number of carbonyl (C=O) groups is 1. The molecule has 2 heterocycles. The fourth-order valence-corrected chi connectivity index (χ4v) is 3.51. The number of aromatic nitrogens is 2. The van der Waals surface area contributed by atoms with Gasteiger partial charge in [0.15, 0.2) is 0 Å². The van der Waals surface area contributed by atoms with Crippen molar-refractivity contribution in [3.8, 4) is 0 Å². The minimum atomic E-state index is -0.933. The SMILES string of the molecule is O=C(c1cc(C2CC2)[nH]n1)N1CCO[C@](CO)(Cc2cccc(F)c2)C1. The van der Waals surface area contributed by atoms with E-state index < -0.39 is 5.60 Å². The van der Waals surface area contributed by atoms with Crippen LogP contribution in [0.1, 0.15) is 40.5 Å². The first-order valence-corrected chi connectivity index (χ1v) is 8.92. The van der Waals surface area contributed by atoms with Crippen LogP contribution in [0.2, 0.25) is 0 Å². The van der Waals surface area contributed by atoms with E-state index in [1.165, 1.54) is 12.1 Å². The lowest BCUT2D eigenvalue weighted by Gasteiger charge is -2.41. The van der Waals surface area contributed by atoms with E-state index in [9.17, 15) is 14.3 Å². The number of nitrogens with zero attached hydrogens (tertiary/aromatic N) is 2. The number of nitrogens with one attached hydrogen (secondary N) is 1. The smallest absolute Gasteiger partial charge is 0.274 e. The van der Waals surface area contributed by atoms with Crippen LogP contribution < -0.4 is 0 Å². The lowest BCUT2D eigenvalue weighted by molar-refractivity contribution is -0.123. The molecule has 1 aromatic heterocycles. The van der Waals surface area contributed by atoms with Crippen LogP contribution in [0.25, 0.3) is 0 Å². The third-order valence-electron chi connectivity index (χ3n) is 5.07. The number of hydrogen-bond acceptors (Lipinski definition) is 4. The molecule has 1 aliphatic carbocycles. The number of ether oxygens (including phenoxy) is 1. The van der Waals surface area contributed by atoms with Crippen molar-refractivity contribution in [3.63, 3.8) is 0 Å². The number of aliphatic hydroxyl groups excluding tert-OH is 1. The predicted molar refractivity (Wildman–Crippen MR) is 92.3 cm³/mol. The van der Waals surface area contributed by atoms with Crippen LogP contribution in [0.15, 0.2) is 30.3 Å². The Balaban J connectivity index is 1.49. The molecule has 1 aromatic carbocycles. The molecular formula is C19H22FN3O3. The van der Waals surface area contributed by atoms with Gasteiger partial charge in [-0.05, 0) is 36.6 Å². The van der Waals surface area contributed by atoms with E-state index in [2.05, 4.69) is 10.2 Å². The fraction of sp³-hybridized carbons (Fsp3) is 0.474. The van der Waals surface area contributed by atoms with Gasteiger partial charge < -0.3 is 14.7 Å². The third-order valence-corrected chi connectivity index (χ3v) is 5.07. The summed E-state index contributed by atoms with van der Waals surface area (Å²) in [5.74, 6) is -0.00442. The fourth-order valence-electron chi connectivity index (χ4n) is 3.51. The third kappa shape index (κ3) is 3.50. The zero-order chi connectivity index (χ0) is 18.1. The number of aromatic amines is 1. The molecule has 0 radical (unpaired) electrons. The Morgan fingerprint density at radius 1 is 1.42 bits per heavy atom. The van der Waals surface area contributed by atoms with E-state index in [-0.39, 0.29) is 24.9 Å². The zero-order valence-corrected chi connectivity index (χ0v) is 14.4. The Hall–Kier alpha value is -2.25. The topological polar surface area (TPSA) is 78.5 Å². The first-order valence-electron chi connectivity index (χ1n) is 8.92. The van der Waals surface area contributed by atoms with Crippen LogP contribution in [0, 0.1) is 5.82 Å². The maximum Gasteiger partial charge on any atom is 0.274 e. The summed E-state index contributed by atoms with van der Waals surface area (Å²) >= 11 is 0. The second kappa shape index (κ2) is 6.81. The van der Waals surface area contributed by atoms with Crippen LogP contribution in [-0.4, -0.2) is 58.0 Å². The standard InChI is InChI=1S/C19H22FN3O3/c20-15-3-1-2-13(8-15)10-19(12-24)11-23(6-7-26-19)18(25)17-9-16(21-22-17)14-4-5-14/h1-3,8-9,14,24H,4-7,10-12H2,(H,21,22)/t19-/m1/s1. The van der Waals surface area contributed by atoms with Gasteiger partial charge in [0.25, 0.3) is 5.91 Å². The van der Waals surface area contributed by atoms with Gasteiger partial charge in [0.2, 0.25) is 0 Å². The summed E-state index contributed by atoms with van der Waals surface area (Å²) in [5.41, 5.74) is 1.20. The first-order chi connectivity index (χ1) is 12.6. The van der Waals surface area contributed by atoms with Crippen molar-refractivity contribution in [2.45, 2.75) is 30.8 Å². The van der Waals surface area contributed by atoms with Gasteiger partial charge in [-0.1, -0.05) is 12.1 Å². The summed E-state index contributed by atoms with van der Waals surface area (Å²) in [5, 5.41) is 17.1. The van der Waals surface area contributed by atoms with Crippen molar-refractivity contribution in [1.29, 1.82) is 0 Å². The monoisotopic (exact) mass is 359 g/mol. The Bertz CT molecular complexity index is 805. The van der Waals surface area contributed by atoms with Gasteiger partial charge in [-0.15, -0.1) is 0 Å². The van der Waals surface area contributed by atoms with Crippen LogP contribution in [0.5, 0.6) is 0 Å². The van der Waals surface area contributed by atoms with Crippen LogP contribution >= 0.6 is 0 Å². The predicted octanol–water partition coefficient (Wildman–Crippen LogP) is 1.87.